The Balaban J connectivity index is 0.00000364. The quantitative estimate of drug-likeness (QED) is 0.266. The van der Waals surface area contributed by atoms with Crippen LogP contribution in [0.4, 0.5) is 4.79 Å². The molecule has 1 saturated heterocycles. The lowest BCUT2D eigenvalue weighted by Crippen LogP contribution is -2.50. The Morgan fingerprint density at radius 1 is 1.26 bits per heavy atom. The third-order valence-corrected chi connectivity index (χ3v) is 4.24. The number of nitrogens with one attached hydrogen (secondary N) is 2. The van der Waals surface area contributed by atoms with E-state index < -0.39 is 0 Å². The highest BCUT2D eigenvalue weighted by atomic mass is 127. The van der Waals surface area contributed by atoms with Crippen molar-refractivity contribution in [1.29, 1.82) is 0 Å². The maximum Gasteiger partial charge on any atom is 0.409 e. The first-order valence-corrected chi connectivity index (χ1v) is 9.23. The fraction of sp³-hybridized carbons (Fsp3) is 0.579. The van der Waals surface area contributed by atoms with Crippen LogP contribution in [0.2, 0.25) is 0 Å². The summed E-state index contributed by atoms with van der Waals surface area (Å²) >= 11 is 0. The van der Waals surface area contributed by atoms with Gasteiger partial charge in [-0.05, 0) is 25.3 Å². The molecule has 1 heterocycles. The van der Waals surface area contributed by atoms with Crippen LogP contribution in [0.5, 0.6) is 0 Å². The first-order valence-electron chi connectivity index (χ1n) is 9.23. The van der Waals surface area contributed by atoms with Gasteiger partial charge in [0.1, 0.15) is 0 Å². The van der Waals surface area contributed by atoms with E-state index in [0.29, 0.717) is 45.5 Å². The van der Waals surface area contributed by atoms with Gasteiger partial charge in [0.25, 0.3) is 0 Å². The van der Waals surface area contributed by atoms with E-state index in [-0.39, 0.29) is 30.1 Å². The lowest BCUT2D eigenvalue weighted by atomic mass is 10.1. The molecule has 0 bridgehead atoms. The number of piperidine rings is 1. The molecular weight excluding hydrogens is 459 g/mol. The monoisotopic (exact) mass is 490 g/mol. The van der Waals surface area contributed by atoms with Gasteiger partial charge in [-0.2, -0.15) is 0 Å². The molecule has 1 aliphatic heterocycles. The number of benzene rings is 1. The van der Waals surface area contributed by atoms with Crippen LogP contribution >= 0.6 is 24.0 Å². The van der Waals surface area contributed by atoms with Crippen LogP contribution in [0.25, 0.3) is 0 Å². The van der Waals surface area contributed by atoms with Gasteiger partial charge in [0.2, 0.25) is 0 Å². The van der Waals surface area contributed by atoms with Crippen molar-refractivity contribution in [3.05, 3.63) is 35.9 Å². The average Bonchev–Trinajstić information content (AvgIpc) is 2.68. The lowest BCUT2D eigenvalue weighted by Gasteiger charge is -2.32. The van der Waals surface area contributed by atoms with Crippen molar-refractivity contribution in [2.45, 2.75) is 32.4 Å². The van der Waals surface area contributed by atoms with Crippen LogP contribution in [0.3, 0.4) is 0 Å². The Kier molecular flexibility index (Phi) is 11.8. The Hall–Kier alpha value is -1.55. The molecule has 1 aromatic carbocycles. The number of aliphatic imine (C=N–C) groups is 1. The molecule has 1 fully saturated rings. The molecule has 27 heavy (non-hydrogen) atoms. The predicted molar refractivity (Wildman–Crippen MR) is 118 cm³/mol. The van der Waals surface area contributed by atoms with E-state index >= 15 is 0 Å². The zero-order valence-electron chi connectivity index (χ0n) is 16.1. The standard InChI is InChI=1S/C19H30N4O3.HI/c1-3-26-19(24)23-12-9-17(10-13-23)22-18(20-2)21-11-14-25-15-16-7-5-4-6-8-16;/h4-8,17H,3,9-15H2,1-2H3,(H2,20,21,22);1H. The summed E-state index contributed by atoms with van der Waals surface area (Å²) in [6.07, 6.45) is 1.54. The zero-order chi connectivity index (χ0) is 18.6. The van der Waals surface area contributed by atoms with E-state index in [1.165, 1.54) is 5.56 Å². The van der Waals surface area contributed by atoms with Gasteiger partial charge in [0, 0.05) is 32.7 Å². The highest BCUT2D eigenvalue weighted by Crippen LogP contribution is 2.11. The molecular formula is C19H31IN4O3. The molecule has 0 saturated carbocycles. The smallest absolute Gasteiger partial charge is 0.409 e. The number of likely N-dealkylation sites (tertiary alicyclic amines) is 1. The van der Waals surface area contributed by atoms with Crippen LogP contribution < -0.4 is 10.6 Å². The third kappa shape index (κ3) is 8.79. The van der Waals surface area contributed by atoms with Gasteiger partial charge in [0.15, 0.2) is 5.96 Å². The predicted octanol–water partition coefficient (Wildman–Crippen LogP) is 2.61. The summed E-state index contributed by atoms with van der Waals surface area (Å²) in [5.41, 5.74) is 1.17. The van der Waals surface area contributed by atoms with E-state index in [2.05, 4.69) is 27.8 Å². The van der Waals surface area contributed by atoms with Crippen LogP contribution in [0.1, 0.15) is 25.3 Å². The first kappa shape index (κ1) is 23.5. The second kappa shape index (κ2) is 13.6. The van der Waals surface area contributed by atoms with Crippen molar-refractivity contribution in [3.63, 3.8) is 0 Å². The molecule has 0 radical (unpaired) electrons. The molecule has 0 unspecified atom stereocenters. The van der Waals surface area contributed by atoms with E-state index in [4.69, 9.17) is 9.47 Å². The highest BCUT2D eigenvalue weighted by molar-refractivity contribution is 14.0. The van der Waals surface area contributed by atoms with Gasteiger partial charge in [-0.3, -0.25) is 4.99 Å². The van der Waals surface area contributed by atoms with Crippen molar-refractivity contribution < 1.29 is 14.3 Å². The summed E-state index contributed by atoms with van der Waals surface area (Å²) in [5, 5.41) is 6.68. The lowest BCUT2D eigenvalue weighted by molar-refractivity contribution is 0.0962. The zero-order valence-corrected chi connectivity index (χ0v) is 18.5. The molecule has 1 aliphatic rings. The van der Waals surface area contributed by atoms with Gasteiger partial charge in [-0.1, -0.05) is 30.3 Å². The maximum absolute atomic E-state index is 11.7. The van der Waals surface area contributed by atoms with Crippen molar-refractivity contribution in [3.8, 4) is 0 Å². The van der Waals surface area contributed by atoms with Gasteiger partial charge in [-0.15, -0.1) is 24.0 Å². The van der Waals surface area contributed by atoms with Crippen LogP contribution in [0, 0.1) is 0 Å². The van der Waals surface area contributed by atoms with E-state index in [1.807, 2.05) is 25.1 Å². The minimum atomic E-state index is -0.218. The Morgan fingerprint density at radius 2 is 1.96 bits per heavy atom. The summed E-state index contributed by atoms with van der Waals surface area (Å²) in [6, 6.07) is 10.4. The van der Waals surface area contributed by atoms with Gasteiger partial charge in [-0.25, -0.2) is 4.79 Å². The van der Waals surface area contributed by atoms with Crippen molar-refractivity contribution in [1.82, 2.24) is 15.5 Å². The van der Waals surface area contributed by atoms with Crippen LogP contribution in [-0.2, 0) is 16.1 Å². The number of halogens is 1. The summed E-state index contributed by atoms with van der Waals surface area (Å²) in [6.45, 7) is 5.55. The SMILES string of the molecule is CCOC(=O)N1CCC(NC(=NC)NCCOCc2ccccc2)CC1.I. The molecule has 0 aliphatic carbocycles. The number of hydrogen-bond donors (Lipinski definition) is 2. The second-order valence-electron chi connectivity index (χ2n) is 6.14. The number of carbonyl (C=O) groups is 1. The maximum atomic E-state index is 11.7. The number of amides is 1. The number of carbonyl (C=O) groups excluding carboxylic acids is 1. The molecule has 1 amide bonds. The summed E-state index contributed by atoms with van der Waals surface area (Å²) in [7, 11) is 1.76. The number of hydrogen-bond acceptors (Lipinski definition) is 4. The van der Waals surface area contributed by atoms with E-state index in [9.17, 15) is 4.79 Å². The minimum absolute atomic E-state index is 0. The second-order valence-corrected chi connectivity index (χ2v) is 6.14. The van der Waals surface area contributed by atoms with Crippen LogP contribution in [0.15, 0.2) is 35.3 Å². The van der Waals surface area contributed by atoms with Crippen molar-refractivity contribution in [2.75, 3.05) is 39.9 Å². The number of guanidine groups is 1. The number of nitrogens with zero attached hydrogens (tertiary/aromatic N) is 2. The van der Waals surface area contributed by atoms with Crippen LogP contribution in [-0.4, -0.2) is 62.9 Å². The topological polar surface area (TPSA) is 75.2 Å². The van der Waals surface area contributed by atoms with Crippen molar-refractivity contribution in [2.24, 2.45) is 4.99 Å². The van der Waals surface area contributed by atoms with E-state index in [1.54, 1.807) is 11.9 Å². The molecule has 0 aromatic heterocycles. The summed E-state index contributed by atoms with van der Waals surface area (Å²) in [4.78, 5) is 17.7. The van der Waals surface area contributed by atoms with Gasteiger partial charge < -0.3 is 25.0 Å². The average molecular weight is 490 g/mol. The summed E-state index contributed by atoms with van der Waals surface area (Å²) in [5.74, 6) is 0.767. The number of rotatable bonds is 7. The molecule has 2 N–H and O–H groups in total. The Bertz CT molecular complexity index is 563. The molecule has 0 spiro atoms. The molecule has 7 nitrogen and oxygen atoms in total. The molecule has 0 atom stereocenters. The third-order valence-electron chi connectivity index (χ3n) is 4.24. The van der Waals surface area contributed by atoms with Gasteiger partial charge >= 0.3 is 6.09 Å². The fourth-order valence-electron chi connectivity index (χ4n) is 2.82. The highest BCUT2D eigenvalue weighted by Gasteiger charge is 2.23. The normalized spacial score (nSPS) is 15.0. The molecule has 1 aromatic rings. The fourth-order valence-corrected chi connectivity index (χ4v) is 2.82. The van der Waals surface area contributed by atoms with Gasteiger partial charge in [0.05, 0.1) is 19.8 Å². The molecule has 8 heteroatoms. The molecule has 152 valence electrons. The van der Waals surface area contributed by atoms with Crippen molar-refractivity contribution >= 4 is 36.0 Å². The Morgan fingerprint density at radius 3 is 2.59 bits per heavy atom. The first-order chi connectivity index (χ1) is 12.7. The molecule has 2 rings (SSSR count). The largest absolute Gasteiger partial charge is 0.450 e. The minimum Gasteiger partial charge on any atom is -0.450 e. The summed E-state index contributed by atoms with van der Waals surface area (Å²) < 4.78 is 10.7. The Labute approximate surface area is 178 Å². The van der Waals surface area contributed by atoms with E-state index in [0.717, 1.165) is 18.8 Å². The number of ether oxygens (including phenoxy) is 2.